The van der Waals surface area contributed by atoms with Crippen molar-refractivity contribution in [2.75, 3.05) is 11.4 Å². The van der Waals surface area contributed by atoms with Gasteiger partial charge in [-0.3, -0.25) is 10.2 Å². The van der Waals surface area contributed by atoms with Gasteiger partial charge < -0.3 is 4.90 Å². The molecule has 0 radical (unpaired) electrons. The maximum atomic E-state index is 11.5. The first-order valence-electron chi connectivity index (χ1n) is 5.68. The van der Waals surface area contributed by atoms with Crippen molar-refractivity contribution in [1.82, 2.24) is 5.43 Å². The van der Waals surface area contributed by atoms with Crippen LogP contribution in [0.2, 0.25) is 0 Å². The highest BCUT2D eigenvalue weighted by Gasteiger charge is 2.12. The third-order valence-corrected chi connectivity index (χ3v) is 2.60. The van der Waals surface area contributed by atoms with E-state index in [1.807, 2.05) is 65.6 Å². The standard InChI is InChI=1S/C14H15N3O/c15-16-14(18)11-17(12-7-3-1-4-8-12)13-9-5-2-6-10-13/h1-10H,11,15H2,(H,16,18). The molecule has 0 saturated carbocycles. The molecule has 0 bridgehead atoms. The van der Waals surface area contributed by atoms with E-state index in [0.29, 0.717) is 0 Å². The van der Waals surface area contributed by atoms with Crippen LogP contribution in [0.5, 0.6) is 0 Å². The Bertz CT molecular complexity index is 459. The van der Waals surface area contributed by atoms with Crippen LogP contribution >= 0.6 is 0 Å². The first kappa shape index (κ1) is 12.1. The van der Waals surface area contributed by atoms with Crippen LogP contribution in [0.15, 0.2) is 60.7 Å². The number of amides is 1. The summed E-state index contributed by atoms with van der Waals surface area (Å²) in [5.74, 6) is 4.92. The SMILES string of the molecule is NNC(=O)CN(c1ccccc1)c1ccccc1. The Morgan fingerprint density at radius 2 is 1.39 bits per heavy atom. The number of hydrazine groups is 1. The van der Waals surface area contributed by atoms with Crippen LogP contribution in [-0.4, -0.2) is 12.5 Å². The lowest BCUT2D eigenvalue weighted by molar-refractivity contribution is -0.119. The van der Waals surface area contributed by atoms with Crippen molar-refractivity contribution >= 4 is 17.3 Å². The van der Waals surface area contributed by atoms with Crippen LogP contribution in [-0.2, 0) is 4.79 Å². The van der Waals surface area contributed by atoms with E-state index in [-0.39, 0.29) is 12.5 Å². The minimum atomic E-state index is -0.234. The predicted octanol–water partition coefficient (Wildman–Crippen LogP) is 1.81. The number of nitrogens with zero attached hydrogens (tertiary/aromatic N) is 1. The molecule has 2 rings (SSSR count). The number of hydrogen-bond donors (Lipinski definition) is 2. The Kier molecular flexibility index (Phi) is 3.94. The zero-order valence-electron chi connectivity index (χ0n) is 9.91. The molecule has 0 fully saturated rings. The monoisotopic (exact) mass is 241 g/mol. The Morgan fingerprint density at radius 3 is 1.78 bits per heavy atom. The lowest BCUT2D eigenvalue weighted by Gasteiger charge is -2.23. The second-order valence-corrected chi connectivity index (χ2v) is 3.82. The second kappa shape index (κ2) is 5.84. The molecule has 2 aromatic carbocycles. The molecule has 0 aromatic heterocycles. The summed E-state index contributed by atoms with van der Waals surface area (Å²) >= 11 is 0. The van der Waals surface area contributed by atoms with Gasteiger partial charge in [0.25, 0.3) is 5.91 Å². The van der Waals surface area contributed by atoms with Crippen molar-refractivity contribution in [3.63, 3.8) is 0 Å². The van der Waals surface area contributed by atoms with Gasteiger partial charge in [-0.25, -0.2) is 5.84 Å². The van der Waals surface area contributed by atoms with Crippen molar-refractivity contribution in [1.29, 1.82) is 0 Å². The smallest absolute Gasteiger partial charge is 0.253 e. The van der Waals surface area contributed by atoms with Crippen molar-refractivity contribution in [3.8, 4) is 0 Å². The van der Waals surface area contributed by atoms with E-state index in [4.69, 9.17) is 5.84 Å². The normalized spacial score (nSPS) is 9.83. The number of para-hydroxylation sites is 2. The quantitative estimate of drug-likeness (QED) is 0.487. The molecule has 0 aliphatic rings. The predicted molar refractivity (Wildman–Crippen MR) is 72.2 cm³/mol. The average Bonchev–Trinajstić information content (AvgIpc) is 2.46. The largest absolute Gasteiger partial charge is 0.332 e. The van der Waals surface area contributed by atoms with Gasteiger partial charge in [-0.1, -0.05) is 36.4 Å². The Morgan fingerprint density at radius 1 is 0.944 bits per heavy atom. The molecule has 2 aromatic rings. The molecule has 0 atom stereocenters. The summed E-state index contributed by atoms with van der Waals surface area (Å²) in [4.78, 5) is 13.4. The molecule has 4 heteroatoms. The summed E-state index contributed by atoms with van der Waals surface area (Å²) in [6.07, 6.45) is 0. The minimum Gasteiger partial charge on any atom is -0.332 e. The number of carbonyl (C=O) groups is 1. The molecule has 18 heavy (non-hydrogen) atoms. The lowest BCUT2D eigenvalue weighted by Crippen LogP contribution is -2.38. The fourth-order valence-electron chi connectivity index (χ4n) is 1.74. The maximum absolute atomic E-state index is 11.5. The highest BCUT2D eigenvalue weighted by molar-refractivity contribution is 5.83. The number of anilines is 2. The van der Waals surface area contributed by atoms with Crippen molar-refractivity contribution < 1.29 is 4.79 Å². The molecule has 92 valence electrons. The minimum absolute atomic E-state index is 0.185. The molecule has 4 nitrogen and oxygen atoms in total. The van der Waals surface area contributed by atoms with E-state index in [1.165, 1.54) is 0 Å². The Labute approximate surface area is 106 Å². The van der Waals surface area contributed by atoms with Crippen molar-refractivity contribution in [2.24, 2.45) is 5.84 Å². The van der Waals surface area contributed by atoms with E-state index < -0.39 is 0 Å². The van der Waals surface area contributed by atoms with Gasteiger partial charge in [0.2, 0.25) is 0 Å². The summed E-state index contributed by atoms with van der Waals surface area (Å²) in [6.45, 7) is 0.185. The summed E-state index contributed by atoms with van der Waals surface area (Å²) < 4.78 is 0. The molecule has 0 aliphatic heterocycles. The van der Waals surface area contributed by atoms with E-state index in [9.17, 15) is 4.79 Å². The van der Waals surface area contributed by atoms with Gasteiger partial charge in [0.15, 0.2) is 0 Å². The van der Waals surface area contributed by atoms with Gasteiger partial charge in [-0.2, -0.15) is 0 Å². The van der Waals surface area contributed by atoms with Crippen molar-refractivity contribution in [2.45, 2.75) is 0 Å². The molecule has 1 amide bonds. The number of carbonyl (C=O) groups excluding carboxylic acids is 1. The number of rotatable bonds is 4. The number of benzene rings is 2. The summed E-state index contributed by atoms with van der Waals surface area (Å²) in [6, 6.07) is 19.4. The number of nitrogens with one attached hydrogen (secondary N) is 1. The van der Waals surface area contributed by atoms with Gasteiger partial charge in [-0.15, -0.1) is 0 Å². The summed E-state index contributed by atoms with van der Waals surface area (Å²) in [5.41, 5.74) is 4.06. The van der Waals surface area contributed by atoms with E-state index in [2.05, 4.69) is 5.43 Å². The van der Waals surface area contributed by atoms with Crippen LogP contribution in [0, 0.1) is 0 Å². The topological polar surface area (TPSA) is 58.4 Å². The molecule has 0 heterocycles. The van der Waals surface area contributed by atoms with E-state index >= 15 is 0 Å². The van der Waals surface area contributed by atoms with Gasteiger partial charge in [0.05, 0.1) is 0 Å². The van der Waals surface area contributed by atoms with Gasteiger partial charge in [0, 0.05) is 11.4 Å². The second-order valence-electron chi connectivity index (χ2n) is 3.82. The van der Waals surface area contributed by atoms with Crippen LogP contribution in [0.25, 0.3) is 0 Å². The maximum Gasteiger partial charge on any atom is 0.253 e. The highest BCUT2D eigenvalue weighted by atomic mass is 16.2. The first-order valence-corrected chi connectivity index (χ1v) is 5.68. The third kappa shape index (κ3) is 2.87. The average molecular weight is 241 g/mol. The van der Waals surface area contributed by atoms with Crippen LogP contribution in [0.1, 0.15) is 0 Å². The molecule has 0 saturated heterocycles. The Balaban J connectivity index is 2.32. The molecular formula is C14H15N3O. The molecule has 0 aliphatic carbocycles. The van der Waals surface area contributed by atoms with Crippen LogP contribution in [0.3, 0.4) is 0 Å². The van der Waals surface area contributed by atoms with Gasteiger partial charge in [0.1, 0.15) is 6.54 Å². The highest BCUT2D eigenvalue weighted by Crippen LogP contribution is 2.24. The zero-order chi connectivity index (χ0) is 12.8. The molecular weight excluding hydrogens is 226 g/mol. The fourth-order valence-corrected chi connectivity index (χ4v) is 1.74. The van der Waals surface area contributed by atoms with Gasteiger partial charge in [-0.05, 0) is 24.3 Å². The van der Waals surface area contributed by atoms with Crippen LogP contribution < -0.4 is 16.2 Å². The number of hydrogen-bond acceptors (Lipinski definition) is 3. The molecule has 3 N–H and O–H groups in total. The summed E-state index contributed by atoms with van der Waals surface area (Å²) in [5, 5.41) is 0. The van der Waals surface area contributed by atoms with Gasteiger partial charge >= 0.3 is 0 Å². The first-order chi connectivity index (χ1) is 8.81. The molecule has 0 unspecified atom stereocenters. The van der Waals surface area contributed by atoms with E-state index in [1.54, 1.807) is 0 Å². The number of nitrogens with two attached hydrogens (primary N) is 1. The van der Waals surface area contributed by atoms with Crippen molar-refractivity contribution in [3.05, 3.63) is 60.7 Å². The Hall–Kier alpha value is -2.33. The molecule has 0 spiro atoms. The fraction of sp³-hybridized carbons (Fsp3) is 0.0714. The zero-order valence-corrected chi connectivity index (χ0v) is 9.91. The third-order valence-electron chi connectivity index (χ3n) is 2.60. The summed E-state index contributed by atoms with van der Waals surface area (Å²) in [7, 11) is 0. The van der Waals surface area contributed by atoms with E-state index in [0.717, 1.165) is 11.4 Å². The van der Waals surface area contributed by atoms with Crippen LogP contribution in [0.4, 0.5) is 11.4 Å². The lowest BCUT2D eigenvalue weighted by atomic mass is 10.2.